The van der Waals surface area contributed by atoms with Gasteiger partial charge in [0.2, 0.25) is 0 Å². The number of carbonyl (C=O) groups excluding carboxylic acids is 2. The number of likely N-dealkylation sites (N-methyl/N-ethyl adjacent to an activating group) is 1. The third kappa shape index (κ3) is 4.93. The minimum absolute atomic E-state index is 0.0241. The fraction of sp³-hybridized carbons (Fsp3) is 0.600. The van der Waals surface area contributed by atoms with Crippen LogP contribution in [0.1, 0.15) is 36.8 Å². The molecule has 0 radical (unpaired) electrons. The molecule has 27 heavy (non-hydrogen) atoms. The van der Waals surface area contributed by atoms with E-state index in [1.165, 1.54) is 0 Å². The molecule has 0 aliphatic carbocycles. The summed E-state index contributed by atoms with van der Waals surface area (Å²) in [5, 5.41) is 3.68. The molecule has 148 valence electrons. The Kier molecular flexibility index (Phi) is 6.60. The van der Waals surface area contributed by atoms with Crippen molar-refractivity contribution in [3.8, 4) is 0 Å². The van der Waals surface area contributed by atoms with E-state index in [-0.39, 0.29) is 24.1 Å². The number of nitrogens with zero attached hydrogens (tertiary/aromatic N) is 2. The molecule has 2 atom stereocenters. The molecule has 1 N–H and O–H groups in total. The van der Waals surface area contributed by atoms with Gasteiger partial charge in [-0.15, -0.1) is 0 Å². The summed E-state index contributed by atoms with van der Waals surface area (Å²) in [5.41, 5.74) is 2.00. The molecule has 1 aromatic rings. The van der Waals surface area contributed by atoms with Crippen LogP contribution in [0.3, 0.4) is 0 Å². The van der Waals surface area contributed by atoms with Gasteiger partial charge in [-0.1, -0.05) is 23.7 Å². The molecule has 2 heterocycles. The maximum atomic E-state index is 12.6. The summed E-state index contributed by atoms with van der Waals surface area (Å²) in [7, 11) is 1.80. The average molecular weight is 394 g/mol. The number of benzene rings is 1. The van der Waals surface area contributed by atoms with E-state index in [9.17, 15) is 9.59 Å². The van der Waals surface area contributed by atoms with Crippen molar-refractivity contribution < 1.29 is 14.3 Å². The first-order valence-electron chi connectivity index (χ1n) is 9.62. The lowest BCUT2D eigenvalue weighted by Crippen LogP contribution is -2.54. The first-order valence-corrected chi connectivity index (χ1v) is 9.99. The fourth-order valence-corrected chi connectivity index (χ4v) is 3.85. The van der Waals surface area contributed by atoms with Gasteiger partial charge < -0.3 is 19.9 Å². The van der Waals surface area contributed by atoms with E-state index in [0.717, 1.165) is 48.4 Å². The standard InChI is InChI=1S/C20H28ClN3O3/c1-14-11-15(7-8-17(14)21)12-22-20(26)23(2)16-5-3-9-24(13-16)19(25)18-6-4-10-27-18/h7-8,11,16,18H,3-6,9-10,12-13H2,1-2H3,(H,22,26)/t16-,18+/m1/s1. The number of aryl methyl sites for hydroxylation is 1. The summed E-state index contributed by atoms with van der Waals surface area (Å²) < 4.78 is 5.52. The lowest BCUT2D eigenvalue weighted by molar-refractivity contribution is -0.142. The van der Waals surface area contributed by atoms with Crippen LogP contribution in [0, 0.1) is 6.92 Å². The molecule has 2 aliphatic heterocycles. The van der Waals surface area contributed by atoms with E-state index in [2.05, 4.69) is 5.32 Å². The number of carbonyl (C=O) groups is 2. The smallest absolute Gasteiger partial charge is 0.317 e. The molecule has 0 unspecified atom stereocenters. The van der Waals surface area contributed by atoms with Crippen molar-refractivity contribution in [2.75, 3.05) is 26.7 Å². The van der Waals surface area contributed by atoms with Crippen molar-refractivity contribution in [1.29, 1.82) is 0 Å². The van der Waals surface area contributed by atoms with E-state index in [1.807, 2.05) is 30.0 Å². The Hall–Kier alpha value is -1.79. The summed E-state index contributed by atoms with van der Waals surface area (Å²) in [5.74, 6) is 0.0719. The van der Waals surface area contributed by atoms with Crippen LogP contribution in [-0.2, 0) is 16.1 Å². The fourth-order valence-electron chi connectivity index (χ4n) is 3.73. The van der Waals surface area contributed by atoms with E-state index < -0.39 is 0 Å². The van der Waals surface area contributed by atoms with Crippen LogP contribution in [0.5, 0.6) is 0 Å². The monoisotopic (exact) mass is 393 g/mol. The highest BCUT2D eigenvalue weighted by Crippen LogP contribution is 2.20. The molecule has 2 aliphatic rings. The Balaban J connectivity index is 1.52. The van der Waals surface area contributed by atoms with E-state index in [1.54, 1.807) is 11.9 Å². The highest BCUT2D eigenvalue weighted by Gasteiger charge is 2.33. The molecule has 3 amide bonds. The van der Waals surface area contributed by atoms with Crippen LogP contribution in [-0.4, -0.2) is 60.6 Å². The summed E-state index contributed by atoms with van der Waals surface area (Å²) >= 11 is 6.04. The zero-order chi connectivity index (χ0) is 19.4. The largest absolute Gasteiger partial charge is 0.368 e. The lowest BCUT2D eigenvalue weighted by Gasteiger charge is -2.38. The molecule has 7 heteroatoms. The maximum Gasteiger partial charge on any atom is 0.317 e. The normalized spacial score (nSPS) is 22.6. The molecule has 3 rings (SSSR count). The van der Waals surface area contributed by atoms with Crippen molar-refractivity contribution in [2.24, 2.45) is 0 Å². The first-order chi connectivity index (χ1) is 13.0. The van der Waals surface area contributed by atoms with Gasteiger partial charge in [-0.2, -0.15) is 0 Å². The molecule has 2 fully saturated rings. The zero-order valence-corrected chi connectivity index (χ0v) is 16.8. The molecule has 0 spiro atoms. The van der Waals surface area contributed by atoms with Gasteiger partial charge in [-0.25, -0.2) is 4.79 Å². The van der Waals surface area contributed by atoms with Crippen molar-refractivity contribution in [2.45, 2.75) is 51.3 Å². The van der Waals surface area contributed by atoms with E-state index in [0.29, 0.717) is 19.7 Å². The Morgan fingerprint density at radius 1 is 1.33 bits per heavy atom. The third-order valence-corrected chi connectivity index (χ3v) is 5.87. The molecule has 1 aromatic carbocycles. The molecule has 6 nitrogen and oxygen atoms in total. The lowest BCUT2D eigenvalue weighted by atomic mass is 10.0. The van der Waals surface area contributed by atoms with Crippen LogP contribution in [0.25, 0.3) is 0 Å². The summed E-state index contributed by atoms with van der Waals surface area (Å²) in [6.07, 6.45) is 3.25. The molecule has 0 bridgehead atoms. The number of halogens is 1. The number of nitrogens with one attached hydrogen (secondary N) is 1. The SMILES string of the molecule is Cc1cc(CNC(=O)N(C)[C@@H]2CCCN(C(=O)[C@@H]3CCCO3)C2)ccc1Cl. The van der Waals surface area contributed by atoms with Gasteiger partial charge in [0.15, 0.2) is 0 Å². The molecule has 0 aromatic heterocycles. The third-order valence-electron chi connectivity index (χ3n) is 5.45. The second-order valence-corrected chi connectivity index (χ2v) is 7.84. The predicted molar refractivity (Wildman–Crippen MR) is 105 cm³/mol. The Morgan fingerprint density at radius 3 is 2.85 bits per heavy atom. The van der Waals surface area contributed by atoms with Crippen LogP contribution in [0.2, 0.25) is 5.02 Å². The number of hydrogen-bond donors (Lipinski definition) is 1. The number of piperidine rings is 1. The Bertz CT molecular complexity index is 691. The molecular weight excluding hydrogens is 366 g/mol. The number of rotatable bonds is 4. The van der Waals surface area contributed by atoms with Crippen molar-refractivity contribution >= 4 is 23.5 Å². The van der Waals surface area contributed by atoms with Gasteiger partial charge in [0.1, 0.15) is 6.10 Å². The summed E-state index contributed by atoms with van der Waals surface area (Å²) in [4.78, 5) is 28.7. The molecule has 0 saturated carbocycles. The summed E-state index contributed by atoms with van der Waals surface area (Å²) in [6.45, 7) is 4.38. The Morgan fingerprint density at radius 2 is 2.15 bits per heavy atom. The predicted octanol–water partition coefficient (Wildman–Crippen LogP) is 2.96. The van der Waals surface area contributed by atoms with Crippen LogP contribution >= 0.6 is 11.6 Å². The zero-order valence-electron chi connectivity index (χ0n) is 16.0. The second-order valence-electron chi connectivity index (χ2n) is 7.44. The van der Waals surface area contributed by atoms with Crippen molar-refractivity contribution in [1.82, 2.24) is 15.1 Å². The number of urea groups is 1. The van der Waals surface area contributed by atoms with Crippen LogP contribution in [0.15, 0.2) is 18.2 Å². The van der Waals surface area contributed by atoms with Gasteiger partial charge in [-0.3, -0.25) is 4.79 Å². The van der Waals surface area contributed by atoms with Crippen molar-refractivity contribution in [3.63, 3.8) is 0 Å². The Labute approximate surface area is 165 Å². The maximum absolute atomic E-state index is 12.6. The van der Waals surface area contributed by atoms with Gasteiger partial charge in [-0.05, 0) is 49.8 Å². The minimum atomic E-state index is -0.295. The number of ether oxygens (including phenoxy) is 1. The van der Waals surface area contributed by atoms with Crippen LogP contribution < -0.4 is 5.32 Å². The van der Waals surface area contributed by atoms with E-state index >= 15 is 0 Å². The van der Waals surface area contributed by atoms with Gasteiger partial charge >= 0.3 is 6.03 Å². The number of hydrogen-bond acceptors (Lipinski definition) is 3. The van der Waals surface area contributed by atoms with Gasteiger partial charge in [0.25, 0.3) is 5.91 Å². The van der Waals surface area contributed by atoms with Gasteiger partial charge in [0, 0.05) is 38.3 Å². The molecular formula is C20H28ClN3O3. The average Bonchev–Trinajstić information content (AvgIpc) is 3.22. The summed E-state index contributed by atoms with van der Waals surface area (Å²) in [6, 6.07) is 5.64. The minimum Gasteiger partial charge on any atom is -0.368 e. The molecule has 2 saturated heterocycles. The van der Waals surface area contributed by atoms with Crippen molar-refractivity contribution in [3.05, 3.63) is 34.3 Å². The highest BCUT2D eigenvalue weighted by atomic mass is 35.5. The van der Waals surface area contributed by atoms with Crippen LogP contribution in [0.4, 0.5) is 4.79 Å². The highest BCUT2D eigenvalue weighted by molar-refractivity contribution is 6.31. The number of amides is 3. The first kappa shape index (κ1) is 20.0. The van der Waals surface area contributed by atoms with Gasteiger partial charge in [0.05, 0.1) is 6.04 Å². The van der Waals surface area contributed by atoms with E-state index in [4.69, 9.17) is 16.3 Å². The second kappa shape index (κ2) is 8.93. The quantitative estimate of drug-likeness (QED) is 0.855. The number of likely N-dealkylation sites (tertiary alicyclic amines) is 1. The topological polar surface area (TPSA) is 61.9 Å².